The van der Waals surface area contributed by atoms with Crippen LogP contribution in [0.1, 0.15) is 23.2 Å². The van der Waals surface area contributed by atoms with Crippen LogP contribution in [-0.4, -0.2) is 32.3 Å². The predicted molar refractivity (Wildman–Crippen MR) is 64.6 cm³/mol. The lowest BCUT2D eigenvalue weighted by Gasteiger charge is -2.17. The molecule has 1 aliphatic rings. The minimum atomic E-state index is -4.08. The van der Waals surface area contributed by atoms with Gasteiger partial charge in [-0.3, -0.25) is 4.79 Å². The van der Waals surface area contributed by atoms with Gasteiger partial charge in [-0.1, -0.05) is 0 Å². The molecule has 1 aromatic rings. The zero-order valence-electron chi connectivity index (χ0n) is 9.56. The number of benzene rings is 1. The molecule has 1 fully saturated rings. The van der Waals surface area contributed by atoms with Gasteiger partial charge < -0.3 is 4.90 Å². The van der Waals surface area contributed by atoms with Crippen LogP contribution in [0, 0.1) is 5.82 Å². The summed E-state index contributed by atoms with van der Waals surface area (Å²) in [6.07, 6.45) is 1.75. The second-order valence-corrected chi connectivity index (χ2v) is 6.76. The fraction of sp³-hybridized carbons (Fsp3) is 0.364. The third-order valence-electron chi connectivity index (χ3n) is 2.85. The molecule has 0 N–H and O–H groups in total. The Morgan fingerprint density at radius 2 is 2.06 bits per heavy atom. The molecule has 0 unspecified atom stereocenters. The molecule has 1 aliphatic carbocycles. The van der Waals surface area contributed by atoms with Crippen LogP contribution in [0.25, 0.3) is 0 Å². The molecule has 1 aromatic carbocycles. The van der Waals surface area contributed by atoms with Gasteiger partial charge in [0.2, 0.25) is 0 Å². The number of hydrogen-bond donors (Lipinski definition) is 0. The van der Waals surface area contributed by atoms with E-state index < -0.39 is 20.8 Å². The topological polar surface area (TPSA) is 54.5 Å². The van der Waals surface area contributed by atoms with Crippen molar-refractivity contribution >= 4 is 25.6 Å². The van der Waals surface area contributed by atoms with Crippen molar-refractivity contribution in [2.45, 2.75) is 23.8 Å². The fourth-order valence-corrected chi connectivity index (χ4v) is 2.74. The van der Waals surface area contributed by atoms with Gasteiger partial charge in [-0.25, -0.2) is 12.8 Å². The molecule has 0 radical (unpaired) electrons. The van der Waals surface area contributed by atoms with Gasteiger partial charge in [-0.2, -0.15) is 0 Å². The normalized spacial score (nSPS) is 15.5. The van der Waals surface area contributed by atoms with Crippen molar-refractivity contribution in [1.82, 2.24) is 4.90 Å². The lowest BCUT2D eigenvalue weighted by Crippen LogP contribution is -2.29. The van der Waals surface area contributed by atoms with E-state index >= 15 is 0 Å². The summed E-state index contributed by atoms with van der Waals surface area (Å²) in [5.41, 5.74) is -0.223. The van der Waals surface area contributed by atoms with Crippen LogP contribution in [0.5, 0.6) is 0 Å². The molecule has 0 aromatic heterocycles. The summed E-state index contributed by atoms with van der Waals surface area (Å²) in [4.78, 5) is 13.1. The molecule has 98 valence electrons. The van der Waals surface area contributed by atoms with Gasteiger partial charge in [0.15, 0.2) is 0 Å². The average Bonchev–Trinajstić information content (AvgIpc) is 3.09. The first-order chi connectivity index (χ1) is 8.30. The van der Waals surface area contributed by atoms with E-state index in [4.69, 9.17) is 10.7 Å². The van der Waals surface area contributed by atoms with Crippen molar-refractivity contribution in [3.63, 3.8) is 0 Å². The lowest BCUT2D eigenvalue weighted by atomic mass is 10.2. The van der Waals surface area contributed by atoms with Gasteiger partial charge in [0, 0.05) is 23.8 Å². The maximum atomic E-state index is 13.2. The molecule has 0 heterocycles. The van der Waals surface area contributed by atoms with E-state index in [1.807, 2.05) is 0 Å². The molecular formula is C11H11ClFNO3S. The molecule has 0 spiro atoms. The number of halogens is 2. The van der Waals surface area contributed by atoms with E-state index in [1.54, 1.807) is 7.05 Å². The molecule has 2 rings (SSSR count). The summed E-state index contributed by atoms with van der Waals surface area (Å²) in [6.45, 7) is 0. The SMILES string of the molecule is CN(C(=O)c1cc(F)ccc1S(=O)(=O)Cl)C1CC1. The Morgan fingerprint density at radius 3 is 2.56 bits per heavy atom. The summed E-state index contributed by atoms with van der Waals surface area (Å²) >= 11 is 0. The minimum absolute atomic E-state index is 0.103. The molecule has 1 saturated carbocycles. The maximum absolute atomic E-state index is 13.2. The quantitative estimate of drug-likeness (QED) is 0.800. The van der Waals surface area contributed by atoms with Crippen molar-refractivity contribution in [3.05, 3.63) is 29.6 Å². The smallest absolute Gasteiger partial charge is 0.262 e. The number of rotatable bonds is 3. The monoisotopic (exact) mass is 291 g/mol. The minimum Gasteiger partial charge on any atom is -0.339 e. The van der Waals surface area contributed by atoms with Gasteiger partial charge in [0.25, 0.3) is 15.0 Å². The molecule has 0 saturated heterocycles. The molecule has 0 bridgehead atoms. The zero-order chi connectivity index (χ0) is 13.5. The first kappa shape index (κ1) is 13.3. The summed E-state index contributed by atoms with van der Waals surface area (Å²) in [6, 6.07) is 2.97. The molecule has 0 aliphatic heterocycles. The maximum Gasteiger partial charge on any atom is 0.262 e. The highest BCUT2D eigenvalue weighted by atomic mass is 35.7. The third kappa shape index (κ3) is 2.64. The van der Waals surface area contributed by atoms with Crippen LogP contribution < -0.4 is 0 Å². The highest BCUT2D eigenvalue weighted by Crippen LogP contribution is 2.29. The van der Waals surface area contributed by atoms with Crippen molar-refractivity contribution in [1.29, 1.82) is 0 Å². The second-order valence-electron chi connectivity index (χ2n) is 4.23. The van der Waals surface area contributed by atoms with Crippen molar-refractivity contribution in [2.24, 2.45) is 0 Å². The van der Waals surface area contributed by atoms with Gasteiger partial charge >= 0.3 is 0 Å². The summed E-state index contributed by atoms with van der Waals surface area (Å²) in [5, 5.41) is 0. The van der Waals surface area contributed by atoms with Crippen LogP contribution in [0.2, 0.25) is 0 Å². The Bertz CT molecular complexity index is 598. The number of nitrogens with zero attached hydrogens (tertiary/aromatic N) is 1. The average molecular weight is 292 g/mol. The molecule has 0 atom stereocenters. The van der Waals surface area contributed by atoms with E-state index in [-0.39, 0.29) is 16.5 Å². The van der Waals surface area contributed by atoms with E-state index in [1.165, 1.54) is 4.90 Å². The fourth-order valence-electron chi connectivity index (χ4n) is 1.70. The van der Waals surface area contributed by atoms with Gasteiger partial charge in [-0.05, 0) is 31.0 Å². The van der Waals surface area contributed by atoms with Crippen molar-refractivity contribution in [3.8, 4) is 0 Å². The van der Waals surface area contributed by atoms with E-state index in [0.717, 1.165) is 31.0 Å². The Morgan fingerprint density at radius 1 is 1.44 bits per heavy atom. The molecule has 1 amide bonds. The van der Waals surface area contributed by atoms with E-state index in [9.17, 15) is 17.6 Å². The van der Waals surface area contributed by atoms with E-state index in [0.29, 0.717) is 0 Å². The number of hydrogen-bond acceptors (Lipinski definition) is 3. The largest absolute Gasteiger partial charge is 0.339 e. The van der Waals surface area contributed by atoms with Gasteiger partial charge in [-0.15, -0.1) is 0 Å². The zero-order valence-corrected chi connectivity index (χ0v) is 11.1. The number of amides is 1. The van der Waals surface area contributed by atoms with E-state index in [2.05, 4.69) is 0 Å². The number of carbonyl (C=O) groups excluding carboxylic acids is 1. The van der Waals surface area contributed by atoms with Crippen molar-refractivity contribution < 1.29 is 17.6 Å². The van der Waals surface area contributed by atoms with Gasteiger partial charge in [0.05, 0.1) is 10.5 Å². The highest BCUT2D eigenvalue weighted by Gasteiger charge is 2.32. The first-order valence-electron chi connectivity index (χ1n) is 5.32. The van der Waals surface area contributed by atoms with Crippen LogP contribution in [0.4, 0.5) is 4.39 Å². The molecule has 7 heteroatoms. The predicted octanol–water partition coefficient (Wildman–Crippen LogP) is 1.99. The third-order valence-corrected chi connectivity index (χ3v) is 4.23. The van der Waals surface area contributed by atoms with Crippen LogP contribution in [0.15, 0.2) is 23.1 Å². The Hall–Kier alpha value is -1.14. The second kappa shape index (κ2) is 4.51. The van der Waals surface area contributed by atoms with Crippen LogP contribution >= 0.6 is 10.7 Å². The molecule has 4 nitrogen and oxygen atoms in total. The van der Waals surface area contributed by atoms with Crippen LogP contribution in [-0.2, 0) is 9.05 Å². The lowest BCUT2D eigenvalue weighted by molar-refractivity contribution is 0.0781. The summed E-state index contributed by atoms with van der Waals surface area (Å²) in [7, 11) is 2.73. The summed E-state index contributed by atoms with van der Waals surface area (Å²) < 4.78 is 35.9. The standard InChI is InChI=1S/C11H11ClFNO3S/c1-14(8-3-4-8)11(15)9-6-7(13)2-5-10(9)18(12,16)17/h2,5-6,8H,3-4H2,1H3. The number of carbonyl (C=O) groups is 1. The van der Waals surface area contributed by atoms with Crippen LogP contribution in [0.3, 0.4) is 0 Å². The molecular weight excluding hydrogens is 281 g/mol. The molecule has 18 heavy (non-hydrogen) atoms. The Balaban J connectivity index is 2.48. The highest BCUT2D eigenvalue weighted by molar-refractivity contribution is 8.13. The van der Waals surface area contributed by atoms with Crippen molar-refractivity contribution in [2.75, 3.05) is 7.05 Å². The Kier molecular flexibility index (Phi) is 3.33. The van der Waals surface area contributed by atoms with Gasteiger partial charge in [0.1, 0.15) is 5.82 Å². The summed E-state index contributed by atoms with van der Waals surface area (Å²) in [5.74, 6) is -1.21. The Labute approximate surface area is 109 Å². The first-order valence-corrected chi connectivity index (χ1v) is 7.63.